The molecule has 0 aliphatic rings. The zero-order chi connectivity index (χ0) is 15.2. The highest BCUT2D eigenvalue weighted by molar-refractivity contribution is 5.55. The number of ether oxygens (including phenoxy) is 3. The van der Waals surface area contributed by atoms with Gasteiger partial charge in [0, 0.05) is 12.7 Å². The van der Waals surface area contributed by atoms with Crippen LogP contribution in [0.25, 0.3) is 0 Å². The molecule has 21 heavy (non-hydrogen) atoms. The maximum Gasteiger partial charge on any atom is 0.203 e. The smallest absolute Gasteiger partial charge is 0.203 e. The molecule has 0 saturated carbocycles. The van der Waals surface area contributed by atoms with Crippen LogP contribution >= 0.6 is 0 Å². The summed E-state index contributed by atoms with van der Waals surface area (Å²) in [6.45, 7) is 2.86. The summed E-state index contributed by atoms with van der Waals surface area (Å²) in [5.74, 6) is 1.99. The predicted molar refractivity (Wildman–Crippen MR) is 79.2 cm³/mol. The third kappa shape index (κ3) is 3.26. The van der Waals surface area contributed by atoms with Crippen LogP contribution in [0.1, 0.15) is 18.2 Å². The fraction of sp³-hybridized carbons (Fsp3) is 0.467. The molecule has 114 valence electrons. The van der Waals surface area contributed by atoms with Gasteiger partial charge in [-0.15, -0.1) is 5.10 Å². The maximum atomic E-state index is 5.48. The van der Waals surface area contributed by atoms with Gasteiger partial charge in [-0.2, -0.15) is 0 Å². The minimum atomic E-state index is 0.620. The number of hydrogen-bond acceptors (Lipinski definition) is 5. The maximum absolute atomic E-state index is 5.48. The van der Waals surface area contributed by atoms with E-state index in [0.29, 0.717) is 17.2 Å². The number of nitrogens with zero attached hydrogens (tertiary/aromatic N) is 3. The van der Waals surface area contributed by atoms with Gasteiger partial charge in [-0.1, -0.05) is 11.3 Å². The van der Waals surface area contributed by atoms with Crippen molar-refractivity contribution in [3.05, 3.63) is 29.6 Å². The van der Waals surface area contributed by atoms with Crippen LogP contribution in [0.15, 0.2) is 18.3 Å². The summed E-state index contributed by atoms with van der Waals surface area (Å²) < 4.78 is 18.0. The van der Waals surface area contributed by atoms with Crippen molar-refractivity contribution in [1.82, 2.24) is 15.0 Å². The number of aryl methyl sites for hydroxylation is 3. The Hall–Kier alpha value is -2.24. The molecule has 2 rings (SSSR count). The summed E-state index contributed by atoms with van der Waals surface area (Å²) in [6.07, 6.45) is 3.56. The van der Waals surface area contributed by atoms with Crippen molar-refractivity contribution in [2.75, 3.05) is 21.3 Å². The summed E-state index contributed by atoms with van der Waals surface area (Å²) in [5.41, 5.74) is 2.02. The van der Waals surface area contributed by atoms with Gasteiger partial charge >= 0.3 is 0 Å². The molecule has 1 heterocycles. The van der Waals surface area contributed by atoms with E-state index in [1.165, 1.54) is 0 Å². The zero-order valence-electron chi connectivity index (χ0n) is 12.9. The summed E-state index contributed by atoms with van der Waals surface area (Å²) >= 11 is 0. The molecule has 0 saturated heterocycles. The predicted octanol–water partition coefficient (Wildman–Crippen LogP) is 2.11. The van der Waals surface area contributed by atoms with Crippen LogP contribution in [0, 0.1) is 0 Å². The summed E-state index contributed by atoms with van der Waals surface area (Å²) in [4.78, 5) is 0. The van der Waals surface area contributed by atoms with E-state index < -0.39 is 0 Å². The lowest BCUT2D eigenvalue weighted by Crippen LogP contribution is -2.00. The van der Waals surface area contributed by atoms with Gasteiger partial charge in [0.2, 0.25) is 5.75 Å². The van der Waals surface area contributed by atoms with Crippen molar-refractivity contribution in [3.8, 4) is 17.2 Å². The quantitative estimate of drug-likeness (QED) is 0.782. The molecule has 1 aromatic carbocycles. The number of rotatable bonds is 7. The first kappa shape index (κ1) is 15.2. The number of benzene rings is 1. The first-order valence-corrected chi connectivity index (χ1v) is 6.90. The third-order valence-corrected chi connectivity index (χ3v) is 3.35. The van der Waals surface area contributed by atoms with Gasteiger partial charge in [0.05, 0.1) is 27.0 Å². The Morgan fingerprint density at radius 3 is 2.33 bits per heavy atom. The molecule has 6 nitrogen and oxygen atoms in total. The van der Waals surface area contributed by atoms with Gasteiger partial charge in [-0.25, -0.2) is 0 Å². The fourth-order valence-electron chi connectivity index (χ4n) is 2.23. The zero-order valence-corrected chi connectivity index (χ0v) is 12.9. The number of methoxy groups -OCH3 is 3. The second-order valence-corrected chi connectivity index (χ2v) is 4.56. The Morgan fingerprint density at radius 1 is 1.00 bits per heavy atom. The molecule has 0 aliphatic carbocycles. The van der Waals surface area contributed by atoms with Crippen molar-refractivity contribution in [2.45, 2.75) is 26.3 Å². The van der Waals surface area contributed by atoms with Crippen LogP contribution in [0.4, 0.5) is 0 Å². The monoisotopic (exact) mass is 291 g/mol. The molecule has 0 N–H and O–H groups in total. The van der Waals surface area contributed by atoms with E-state index in [9.17, 15) is 0 Å². The van der Waals surface area contributed by atoms with Crippen LogP contribution in [0.5, 0.6) is 17.2 Å². The molecule has 1 aromatic heterocycles. The highest BCUT2D eigenvalue weighted by Crippen LogP contribution is 2.40. The largest absolute Gasteiger partial charge is 0.493 e. The van der Waals surface area contributed by atoms with Gasteiger partial charge < -0.3 is 14.2 Å². The van der Waals surface area contributed by atoms with Crippen LogP contribution in [-0.4, -0.2) is 36.3 Å². The van der Waals surface area contributed by atoms with E-state index >= 15 is 0 Å². The second kappa shape index (κ2) is 6.97. The Morgan fingerprint density at radius 2 is 1.76 bits per heavy atom. The molecule has 0 spiro atoms. The molecule has 0 radical (unpaired) electrons. The molecule has 0 amide bonds. The van der Waals surface area contributed by atoms with Crippen LogP contribution in [0.3, 0.4) is 0 Å². The van der Waals surface area contributed by atoms with E-state index in [4.69, 9.17) is 14.2 Å². The van der Waals surface area contributed by atoms with Gasteiger partial charge in [0.25, 0.3) is 0 Å². The Bertz CT molecular complexity index is 596. The van der Waals surface area contributed by atoms with Crippen molar-refractivity contribution in [2.24, 2.45) is 0 Å². The van der Waals surface area contributed by atoms with Gasteiger partial charge in [0.1, 0.15) is 0 Å². The minimum absolute atomic E-state index is 0.620. The molecular weight excluding hydrogens is 270 g/mol. The van der Waals surface area contributed by atoms with E-state index in [-0.39, 0.29) is 0 Å². The van der Waals surface area contributed by atoms with Gasteiger partial charge in [-0.05, 0) is 31.4 Å². The summed E-state index contributed by atoms with van der Waals surface area (Å²) in [7, 11) is 4.85. The summed E-state index contributed by atoms with van der Waals surface area (Å²) in [5, 5.41) is 8.19. The molecule has 0 unspecified atom stereocenters. The number of hydrogen-bond donors (Lipinski definition) is 0. The van der Waals surface area contributed by atoms with Crippen LogP contribution < -0.4 is 14.2 Å². The lowest BCUT2D eigenvalue weighted by Gasteiger charge is -2.15. The molecule has 0 bridgehead atoms. The Labute approximate surface area is 124 Å². The Balaban J connectivity index is 2.19. The van der Waals surface area contributed by atoms with Crippen molar-refractivity contribution in [3.63, 3.8) is 0 Å². The third-order valence-electron chi connectivity index (χ3n) is 3.35. The molecule has 0 fully saturated rings. The van der Waals surface area contributed by atoms with Crippen molar-refractivity contribution >= 4 is 0 Å². The van der Waals surface area contributed by atoms with Crippen molar-refractivity contribution in [1.29, 1.82) is 0 Å². The summed E-state index contributed by atoms with van der Waals surface area (Å²) in [6, 6.07) is 3.88. The molecule has 0 atom stereocenters. The molecule has 2 aromatic rings. The second-order valence-electron chi connectivity index (χ2n) is 4.56. The minimum Gasteiger partial charge on any atom is -0.493 e. The number of aromatic nitrogens is 3. The van der Waals surface area contributed by atoms with Crippen molar-refractivity contribution < 1.29 is 14.2 Å². The average molecular weight is 291 g/mol. The van der Waals surface area contributed by atoms with E-state index in [0.717, 1.165) is 30.6 Å². The molecular formula is C15H21N3O3. The fourth-order valence-corrected chi connectivity index (χ4v) is 2.23. The highest BCUT2D eigenvalue weighted by Gasteiger charge is 2.15. The van der Waals surface area contributed by atoms with Gasteiger partial charge in [0.15, 0.2) is 11.5 Å². The highest BCUT2D eigenvalue weighted by atomic mass is 16.5. The Kier molecular flexibility index (Phi) is 5.03. The lowest BCUT2D eigenvalue weighted by molar-refractivity contribution is 0.322. The van der Waals surface area contributed by atoms with E-state index in [1.54, 1.807) is 21.3 Å². The molecule has 6 heteroatoms. The average Bonchev–Trinajstić information content (AvgIpc) is 2.99. The first-order chi connectivity index (χ1) is 10.2. The SMILES string of the molecule is CCn1cc(CCc2ccc(OC)c(OC)c2OC)nn1. The topological polar surface area (TPSA) is 58.4 Å². The van der Waals surface area contributed by atoms with Crippen LogP contribution in [0.2, 0.25) is 0 Å². The normalized spacial score (nSPS) is 10.5. The standard InChI is InChI=1S/C15H21N3O3/c1-5-18-10-12(16-17-18)8-6-11-7-9-13(19-2)15(21-4)14(11)20-3/h7,9-10H,5-6,8H2,1-4H3. The first-order valence-electron chi connectivity index (χ1n) is 6.90. The molecule has 0 aliphatic heterocycles. The lowest BCUT2D eigenvalue weighted by atomic mass is 10.1. The van der Waals surface area contributed by atoms with Gasteiger partial charge in [-0.3, -0.25) is 4.68 Å². The van der Waals surface area contributed by atoms with E-state index in [2.05, 4.69) is 10.3 Å². The van der Waals surface area contributed by atoms with E-state index in [1.807, 2.05) is 29.9 Å². The van der Waals surface area contributed by atoms with Crippen LogP contribution in [-0.2, 0) is 19.4 Å².